The van der Waals surface area contributed by atoms with E-state index in [1.54, 1.807) is 0 Å². The quantitative estimate of drug-likeness (QED) is 0.127. The van der Waals surface area contributed by atoms with Gasteiger partial charge in [-0.2, -0.15) is 0 Å². The predicted octanol–water partition coefficient (Wildman–Crippen LogP) is 10.7. The van der Waals surface area contributed by atoms with E-state index < -0.39 is 0 Å². The first-order valence-electron chi connectivity index (χ1n) is 13.4. The predicted molar refractivity (Wildman–Crippen MR) is 131 cm³/mol. The van der Waals surface area contributed by atoms with Crippen LogP contribution < -0.4 is 0 Å². The van der Waals surface area contributed by atoms with Gasteiger partial charge in [0, 0.05) is 0 Å². The summed E-state index contributed by atoms with van der Waals surface area (Å²) in [6, 6.07) is 0. The molecule has 0 aliphatic rings. The topological polar surface area (TPSA) is 0 Å². The monoisotopic (exact) mass is 392 g/mol. The van der Waals surface area contributed by atoms with E-state index in [4.69, 9.17) is 0 Å². The highest BCUT2D eigenvalue weighted by Gasteiger charge is 2.11. The molecule has 0 saturated heterocycles. The summed E-state index contributed by atoms with van der Waals surface area (Å²) in [5, 5.41) is 0. The number of unbranched alkanes of at least 4 members (excludes halogenated alkanes) is 15. The van der Waals surface area contributed by atoms with Crippen LogP contribution in [0.15, 0.2) is 12.2 Å². The average Bonchev–Trinajstić information content (AvgIpc) is 2.68. The van der Waals surface area contributed by atoms with Crippen molar-refractivity contribution in [2.24, 2.45) is 11.8 Å². The van der Waals surface area contributed by atoms with Gasteiger partial charge in [0.1, 0.15) is 0 Å². The Kier molecular flexibility index (Phi) is 22.8. The molecule has 1 atom stereocenters. The zero-order chi connectivity index (χ0) is 20.7. The Morgan fingerprint density at radius 3 is 1.36 bits per heavy atom. The Balaban J connectivity index is 3.35. The van der Waals surface area contributed by atoms with Gasteiger partial charge in [-0.15, -0.1) is 0 Å². The van der Waals surface area contributed by atoms with Crippen molar-refractivity contribution in [2.45, 2.75) is 156 Å². The smallest absolute Gasteiger partial charge is 0.0351 e. The molecular weight excluding hydrogens is 336 g/mol. The van der Waals surface area contributed by atoms with Gasteiger partial charge in [0.05, 0.1) is 0 Å². The third-order valence-corrected chi connectivity index (χ3v) is 6.46. The molecule has 28 heavy (non-hydrogen) atoms. The molecule has 0 radical (unpaired) electrons. The molecule has 0 rings (SSSR count). The van der Waals surface area contributed by atoms with Crippen molar-refractivity contribution in [2.75, 3.05) is 0 Å². The molecule has 0 aromatic heterocycles. The fraction of sp³-hybridized carbons (Fsp3) is 0.929. The van der Waals surface area contributed by atoms with Crippen LogP contribution in [-0.4, -0.2) is 0 Å². The third-order valence-electron chi connectivity index (χ3n) is 6.46. The molecule has 0 fully saturated rings. The van der Waals surface area contributed by atoms with E-state index in [2.05, 4.69) is 39.8 Å². The number of allylic oxidation sites excluding steroid dienone is 2. The molecule has 0 aromatic carbocycles. The molecule has 0 saturated carbocycles. The minimum absolute atomic E-state index is 0.863. The van der Waals surface area contributed by atoms with Gasteiger partial charge in [-0.3, -0.25) is 0 Å². The lowest BCUT2D eigenvalue weighted by atomic mass is 9.86. The van der Waals surface area contributed by atoms with Gasteiger partial charge in [0.25, 0.3) is 0 Å². The van der Waals surface area contributed by atoms with Gasteiger partial charge in [-0.1, -0.05) is 136 Å². The summed E-state index contributed by atoms with van der Waals surface area (Å²) in [5.74, 6) is 1.82. The van der Waals surface area contributed by atoms with Gasteiger partial charge >= 0.3 is 0 Å². The van der Waals surface area contributed by atoms with Gasteiger partial charge in [-0.05, 0) is 43.9 Å². The van der Waals surface area contributed by atoms with Crippen LogP contribution in [0.1, 0.15) is 156 Å². The average molecular weight is 393 g/mol. The summed E-state index contributed by atoms with van der Waals surface area (Å²) in [6.07, 6.45) is 33.4. The second-order valence-electron chi connectivity index (χ2n) is 9.58. The first kappa shape index (κ1) is 27.7. The van der Waals surface area contributed by atoms with Gasteiger partial charge in [0.2, 0.25) is 0 Å². The molecule has 1 unspecified atom stereocenters. The van der Waals surface area contributed by atoms with E-state index >= 15 is 0 Å². The molecule has 0 aliphatic carbocycles. The SMILES string of the molecule is CCCCCCCCCCCCCC/C=C/CCCC(CCCCC)C(C)C. The van der Waals surface area contributed by atoms with E-state index in [1.165, 1.54) is 128 Å². The maximum Gasteiger partial charge on any atom is -0.0351 e. The highest BCUT2D eigenvalue weighted by molar-refractivity contribution is 4.81. The number of hydrogen-bond donors (Lipinski definition) is 0. The van der Waals surface area contributed by atoms with Crippen LogP contribution in [0.3, 0.4) is 0 Å². The molecule has 0 heterocycles. The van der Waals surface area contributed by atoms with Crippen LogP contribution in [-0.2, 0) is 0 Å². The maximum atomic E-state index is 2.46. The van der Waals surface area contributed by atoms with E-state index in [-0.39, 0.29) is 0 Å². The van der Waals surface area contributed by atoms with E-state index in [0.717, 1.165) is 11.8 Å². The molecular formula is C28H56. The summed E-state index contributed by atoms with van der Waals surface area (Å²) in [7, 11) is 0. The summed E-state index contributed by atoms with van der Waals surface area (Å²) in [6.45, 7) is 9.44. The maximum absolute atomic E-state index is 2.46. The molecule has 0 spiro atoms. The van der Waals surface area contributed by atoms with Gasteiger partial charge < -0.3 is 0 Å². The number of rotatable bonds is 22. The Labute approximate surface area is 180 Å². The second kappa shape index (κ2) is 23.0. The van der Waals surface area contributed by atoms with Crippen molar-refractivity contribution in [1.29, 1.82) is 0 Å². The van der Waals surface area contributed by atoms with Crippen LogP contribution in [0.4, 0.5) is 0 Å². The van der Waals surface area contributed by atoms with Crippen LogP contribution in [0.25, 0.3) is 0 Å². The molecule has 0 aliphatic heterocycles. The van der Waals surface area contributed by atoms with Crippen LogP contribution >= 0.6 is 0 Å². The summed E-state index contributed by atoms with van der Waals surface area (Å²) < 4.78 is 0. The van der Waals surface area contributed by atoms with E-state index in [0.29, 0.717) is 0 Å². The lowest BCUT2D eigenvalue weighted by Crippen LogP contribution is -2.08. The van der Waals surface area contributed by atoms with Crippen molar-refractivity contribution in [1.82, 2.24) is 0 Å². The Morgan fingerprint density at radius 1 is 0.464 bits per heavy atom. The molecule has 0 nitrogen and oxygen atoms in total. The fourth-order valence-corrected chi connectivity index (χ4v) is 4.30. The van der Waals surface area contributed by atoms with Crippen LogP contribution in [0.2, 0.25) is 0 Å². The number of hydrogen-bond acceptors (Lipinski definition) is 0. The molecule has 168 valence electrons. The zero-order valence-electron chi connectivity index (χ0n) is 20.5. The van der Waals surface area contributed by atoms with Crippen molar-refractivity contribution in [3.8, 4) is 0 Å². The summed E-state index contributed by atoms with van der Waals surface area (Å²) in [5.41, 5.74) is 0. The normalized spacial score (nSPS) is 13.0. The van der Waals surface area contributed by atoms with Crippen LogP contribution in [0, 0.1) is 11.8 Å². The first-order valence-corrected chi connectivity index (χ1v) is 13.4. The minimum Gasteiger partial charge on any atom is -0.0885 e. The standard InChI is InChI=1S/C28H56/c1-5-7-9-10-11-12-13-14-15-16-17-18-19-20-21-22-24-26-28(27(3)4)25-23-8-6-2/h20-21,27-28H,5-19,22-26H2,1-4H3/b21-20+. The van der Waals surface area contributed by atoms with Gasteiger partial charge in [-0.25, -0.2) is 0 Å². The fourth-order valence-electron chi connectivity index (χ4n) is 4.30. The summed E-state index contributed by atoms with van der Waals surface area (Å²) in [4.78, 5) is 0. The van der Waals surface area contributed by atoms with Crippen molar-refractivity contribution < 1.29 is 0 Å². The van der Waals surface area contributed by atoms with Crippen LogP contribution in [0.5, 0.6) is 0 Å². The first-order chi connectivity index (χ1) is 13.7. The zero-order valence-corrected chi connectivity index (χ0v) is 20.5. The highest BCUT2D eigenvalue weighted by atomic mass is 14.2. The Hall–Kier alpha value is -0.260. The van der Waals surface area contributed by atoms with Gasteiger partial charge in [0.15, 0.2) is 0 Å². The highest BCUT2D eigenvalue weighted by Crippen LogP contribution is 2.24. The minimum atomic E-state index is 0.863. The van der Waals surface area contributed by atoms with E-state index in [1.807, 2.05) is 0 Å². The molecule has 0 aromatic rings. The van der Waals surface area contributed by atoms with Crippen molar-refractivity contribution >= 4 is 0 Å². The molecule has 0 N–H and O–H groups in total. The van der Waals surface area contributed by atoms with Crippen molar-refractivity contribution in [3.05, 3.63) is 12.2 Å². The largest absolute Gasteiger partial charge is 0.0885 e. The summed E-state index contributed by atoms with van der Waals surface area (Å²) >= 11 is 0. The van der Waals surface area contributed by atoms with Crippen molar-refractivity contribution in [3.63, 3.8) is 0 Å². The lowest BCUT2D eigenvalue weighted by Gasteiger charge is -2.20. The molecule has 0 amide bonds. The molecule has 0 heteroatoms. The third kappa shape index (κ3) is 20.5. The molecule has 0 bridgehead atoms. The Bertz CT molecular complexity index is 301. The second-order valence-corrected chi connectivity index (χ2v) is 9.58. The lowest BCUT2D eigenvalue weighted by molar-refractivity contribution is 0.319. The van der Waals surface area contributed by atoms with E-state index in [9.17, 15) is 0 Å². The Morgan fingerprint density at radius 2 is 0.857 bits per heavy atom.